The molecule has 2 heterocycles. The molecule has 2 aromatic rings. The Bertz CT molecular complexity index is 637. The number of nitrogens with zero attached hydrogens (tertiary/aromatic N) is 3. The average Bonchev–Trinajstić information content (AvgIpc) is 2.93. The van der Waals surface area contributed by atoms with Crippen molar-refractivity contribution >= 4 is 5.91 Å². The molecule has 116 valence electrons. The first-order chi connectivity index (χ1) is 10.6. The number of aromatic amines is 1. The highest BCUT2D eigenvalue weighted by molar-refractivity contribution is 5.74. The van der Waals surface area contributed by atoms with Gasteiger partial charge in [0, 0.05) is 38.8 Å². The van der Waals surface area contributed by atoms with Crippen molar-refractivity contribution in [1.82, 2.24) is 19.8 Å². The topological polar surface area (TPSA) is 52.2 Å². The molecule has 1 atom stereocenters. The lowest BCUT2D eigenvalue weighted by Crippen LogP contribution is -2.49. The molecule has 0 aliphatic carbocycles. The van der Waals surface area contributed by atoms with Crippen molar-refractivity contribution < 1.29 is 4.79 Å². The van der Waals surface area contributed by atoms with Crippen molar-refractivity contribution in [2.24, 2.45) is 0 Å². The van der Waals surface area contributed by atoms with E-state index in [9.17, 15) is 4.79 Å². The number of amides is 1. The second-order valence-corrected chi connectivity index (χ2v) is 5.85. The summed E-state index contributed by atoms with van der Waals surface area (Å²) in [5.41, 5.74) is 3.40. The number of carbonyl (C=O) groups excluding carboxylic acids is 1. The van der Waals surface area contributed by atoms with Crippen LogP contribution in [0.15, 0.2) is 36.7 Å². The Morgan fingerprint density at radius 3 is 2.73 bits per heavy atom. The van der Waals surface area contributed by atoms with E-state index in [-0.39, 0.29) is 11.9 Å². The van der Waals surface area contributed by atoms with Crippen LogP contribution in [0.2, 0.25) is 0 Å². The third kappa shape index (κ3) is 3.04. The lowest BCUT2D eigenvalue weighted by atomic mass is 10.0. The molecule has 3 rings (SSSR count). The van der Waals surface area contributed by atoms with Gasteiger partial charge in [-0.05, 0) is 12.5 Å². The second-order valence-electron chi connectivity index (χ2n) is 5.85. The number of aryl methyl sites for hydroxylation is 1. The Labute approximate surface area is 131 Å². The third-order valence-electron chi connectivity index (χ3n) is 4.36. The minimum atomic E-state index is 0.117. The molecule has 1 unspecified atom stereocenters. The predicted octanol–water partition coefficient (Wildman–Crippen LogP) is 2.12. The molecule has 5 nitrogen and oxygen atoms in total. The minimum absolute atomic E-state index is 0.117. The molecule has 5 heteroatoms. The third-order valence-corrected chi connectivity index (χ3v) is 4.36. The first-order valence-corrected chi connectivity index (χ1v) is 7.68. The van der Waals surface area contributed by atoms with Gasteiger partial charge in [-0.3, -0.25) is 9.69 Å². The first kappa shape index (κ1) is 14.8. The number of nitrogens with one attached hydrogen (secondary N) is 1. The van der Waals surface area contributed by atoms with Crippen molar-refractivity contribution in [2.75, 3.05) is 19.6 Å². The zero-order valence-corrected chi connectivity index (χ0v) is 13.1. The van der Waals surface area contributed by atoms with E-state index in [4.69, 9.17) is 0 Å². The van der Waals surface area contributed by atoms with E-state index in [1.165, 1.54) is 5.56 Å². The summed E-state index contributed by atoms with van der Waals surface area (Å²) in [6.07, 6.45) is 1.74. The van der Waals surface area contributed by atoms with Crippen LogP contribution in [-0.2, 0) is 11.3 Å². The van der Waals surface area contributed by atoms with Crippen LogP contribution >= 0.6 is 0 Å². The van der Waals surface area contributed by atoms with Crippen LogP contribution in [0.5, 0.6) is 0 Å². The van der Waals surface area contributed by atoms with Crippen LogP contribution in [-0.4, -0.2) is 45.3 Å². The van der Waals surface area contributed by atoms with E-state index in [0.29, 0.717) is 0 Å². The zero-order chi connectivity index (χ0) is 15.5. The summed E-state index contributed by atoms with van der Waals surface area (Å²) in [5, 5.41) is 0. The Kier molecular flexibility index (Phi) is 4.24. The van der Waals surface area contributed by atoms with Gasteiger partial charge in [0.05, 0.1) is 18.1 Å². The maximum atomic E-state index is 12.0. The molecule has 1 aromatic heterocycles. The van der Waals surface area contributed by atoms with Gasteiger partial charge in [0.2, 0.25) is 5.91 Å². The molecule has 1 saturated heterocycles. The van der Waals surface area contributed by atoms with Crippen LogP contribution < -0.4 is 0 Å². The molecule has 1 fully saturated rings. The van der Waals surface area contributed by atoms with Gasteiger partial charge in [-0.25, -0.2) is 4.98 Å². The lowest BCUT2D eigenvalue weighted by molar-refractivity contribution is -0.134. The van der Waals surface area contributed by atoms with Gasteiger partial charge in [-0.2, -0.15) is 0 Å². The smallest absolute Gasteiger partial charge is 0.220 e. The summed E-state index contributed by atoms with van der Waals surface area (Å²) in [5.74, 6) is 0.143. The fourth-order valence-electron chi connectivity index (χ4n) is 3.08. The van der Waals surface area contributed by atoms with E-state index < -0.39 is 0 Å². The van der Waals surface area contributed by atoms with Gasteiger partial charge in [-0.1, -0.05) is 30.3 Å². The predicted molar refractivity (Wildman–Crippen MR) is 85.2 cm³/mol. The van der Waals surface area contributed by atoms with Crippen molar-refractivity contribution in [3.8, 4) is 0 Å². The normalized spacial score (nSPS) is 19.4. The van der Waals surface area contributed by atoms with Crippen molar-refractivity contribution in [2.45, 2.75) is 26.4 Å². The van der Waals surface area contributed by atoms with Crippen LogP contribution in [0.25, 0.3) is 0 Å². The van der Waals surface area contributed by atoms with Gasteiger partial charge in [0.25, 0.3) is 0 Å². The minimum Gasteiger partial charge on any atom is -0.348 e. The molecule has 0 spiro atoms. The van der Waals surface area contributed by atoms with Gasteiger partial charge < -0.3 is 9.88 Å². The number of hydrogen-bond donors (Lipinski definition) is 1. The highest BCUT2D eigenvalue weighted by Crippen LogP contribution is 2.26. The van der Waals surface area contributed by atoms with E-state index in [1.807, 2.05) is 30.0 Å². The second kappa shape index (κ2) is 6.32. The van der Waals surface area contributed by atoms with E-state index in [0.717, 1.165) is 37.6 Å². The number of H-pyrrole nitrogens is 1. The highest BCUT2D eigenvalue weighted by Gasteiger charge is 2.30. The lowest BCUT2D eigenvalue weighted by Gasteiger charge is -2.41. The van der Waals surface area contributed by atoms with E-state index >= 15 is 0 Å². The average molecular weight is 298 g/mol. The van der Waals surface area contributed by atoms with Crippen LogP contribution in [0.3, 0.4) is 0 Å². The molecule has 0 saturated carbocycles. The number of aromatic nitrogens is 2. The summed E-state index contributed by atoms with van der Waals surface area (Å²) in [7, 11) is 0. The molecule has 1 amide bonds. The van der Waals surface area contributed by atoms with Crippen molar-refractivity contribution in [3.63, 3.8) is 0 Å². The zero-order valence-electron chi connectivity index (χ0n) is 13.1. The fraction of sp³-hybridized carbons (Fsp3) is 0.412. The number of hydrogen-bond acceptors (Lipinski definition) is 3. The van der Waals surface area contributed by atoms with Crippen molar-refractivity contribution in [3.05, 3.63) is 53.6 Å². The summed E-state index contributed by atoms with van der Waals surface area (Å²) < 4.78 is 0. The quantitative estimate of drug-likeness (QED) is 0.944. The number of carbonyl (C=O) groups is 1. The molecule has 22 heavy (non-hydrogen) atoms. The Hall–Kier alpha value is -2.14. The summed E-state index contributed by atoms with van der Waals surface area (Å²) >= 11 is 0. The monoisotopic (exact) mass is 298 g/mol. The van der Waals surface area contributed by atoms with Crippen LogP contribution in [0.1, 0.15) is 29.9 Å². The van der Waals surface area contributed by atoms with Gasteiger partial charge in [-0.15, -0.1) is 0 Å². The molecule has 1 aliphatic rings. The standard InChI is InChI=1S/C17H22N4O/c1-13-16(19-12-18-13)10-20-8-9-21(14(2)22)17(11-20)15-6-4-3-5-7-15/h3-7,12,17H,8-11H2,1-2H3,(H,18,19). The highest BCUT2D eigenvalue weighted by atomic mass is 16.2. The molecule has 1 aliphatic heterocycles. The van der Waals surface area contributed by atoms with Crippen LogP contribution in [0.4, 0.5) is 0 Å². The Morgan fingerprint density at radius 2 is 2.09 bits per heavy atom. The first-order valence-electron chi connectivity index (χ1n) is 7.68. The summed E-state index contributed by atoms with van der Waals surface area (Å²) in [6, 6.07) is 10.4. The van der Waals surface area contributed by atoms with Crippen LogP contribution in [0, 0.1) is 6.92 Å². The summed E-state index contributed by atoms with van der Waals surface area (Å²) in [6.45, 7) is 7.01. The molecule has 0 radical (unpaired) electrons. The van der Waals surface area contributed by atoms with Gasteiger partial charge in [0.1, 0.15) is 0 Å². The van der Waals surface area contributed by atoms with Gasteiger partial charge >= 0.3 is 0 Å². The molecular weight excluding hydrogens is 276 g/mol. The number of benzene rings is 1. The molecular formula is C17H22N4O. The molecule has 1 N–H and O–H groups in total. The number of rotatable bonds is 3. The molecule has 0 bridgehead atoms. The maximum absolute atomic E-state index is 12.0. The molecule has 1 aromatic carbocycles. The Morgan fingerprint density at radius 1 is 1.32 bits per heavy atom. The number of piperazine rings is 1. The van der Waals surface area contributed by atoms with E-state index in [2.05, 4.69) is 27.0 Å². The Balaban J connectivity index is 1.78. The van der Waals surface area contributed by atoms with E-state index in [1.54, 1.807) is 13.3 Å². The fourth-order valence-corrected chi connectivity index (χ4v) is 3.08. The number of imidazole rings is 1. The van der Waals surface area contributed by atoms with Gasteiger partial charge in [0.15, 0.2) is 0 Å². The largest absolute Gasteiger partial charge is 0.348 e. The summed E-state index contributed by atoms with van der Waals surface area (Å²) in [4.78, 5) is 23.8. The van der Waals surface area contributed by atoms with Crippen molar-refractivity contribution in [1.29, 1.82) is 0 Å². The SMILES string of the molecule is CC(=O)N1CCN(Cc2nc[nH]c2C)CC1c1ccccc1. The maximum Gasteiger partial charge on any atom is 0.220 e.